The molecule has 0 spiro atoms. The fourth-order valence-corrected chi connectivity index (χ4v) is 3.03. The van der Waals surface area contributed by atoms with E-state index < -0.39 is 0 Å². The van der Waals surface area contributed by atoms with E-state index in [1.165, 1.54) is 25.7 Å². The molecule has 1 aliphatic heterocycles. The van der Waals surface area contributed by atoms with E-state index in [1.54, 1.807) is 0 Å². The van der Waals surface area contributed by atoms with E-state index in [2.05, 4.69) is 15.0 Å². The highest BCUT2D eigenvalue weighted by Crippen LogP contribution is 2.39. The zero-order valence-electron chi connectivity index (χ0n) is 10.2. The number of aromatic nitrogens is 2. The standard InChI is InChI=1S/C12H20N4O/c13-9-12(5-1-2-6-12)10-14-11(15-17-10)16-7-3-4-8-16/h1-9,13H2. The SMILES string of the molecule is NCC1(c2nc(N3CCCC3)no2)CCCC1. The monoisotopic (exact) mass is 236 g/mol. The van der Waals surface area contributed by atoms with Gasteiger partial charge >= 0.3 is 0 Å². The minimum Gasteiger partial charge on any atom is -0.338 e. The Morgan fingerprint density at radius 2 is 1.88 bits per heavy atom. The van der Waals surface area contributed by atoms with Gasteiger partial charge in [0.1, 0.15) is 0 Å². The molecule has 0 unspecified atom stereocenters. The second-order valence-electron chi connectivity index (χ2n) is 5.29. The number of nitrogens with zero attached hydrogens (tertiary/aromatic N) is 3. The molecule has 0 atom stereocenters. The van der Waals surface area contributed by atoms with E-state index >= 15 is 0 Å². The number of hydrogen-bond acceptors (Lipinski definition) is 5. The van der Waals surface area contributed by atoms with Crippen LogP contribution in [0.2, 0.25) is 0 Å². The van der Waals surface area contributed by atoms with Gasteiger partial charge in [-0.25, -0.2) is 0 Å². The predicted octanol–water partition coefficient (Wildman–Crippen LogP) is 1.44. The van der Waals surface area contributed by atoms with Gasteiger partial charge in [-0.2, -0.15) is 4.98 Å². The van der Waals surface area contributed by atoms with Gasteiger partial charge in [0.25, 0.3) is 5.95 Å². The van der Waals surface area contributed by atoms with E-state index in [0.717, 1.165) is 37.8 Å². The Morgan fingerprint density at radius 3 is 2.53 bits per heavy atom. The summed E-state index contributed by atoms with van der Waals surface area (Å²) < 4.78 is 5.47. The van der Waals surface area contributed by atoms with Crippen molar-refractivity contribution in [2.75, 3.05) is 24.5 Å². The minimum absolute atomic E-state index is 0.0367. The number of anilines is 1. The number of rotatable bonds is 3. The first-order chi connectivity index (χ1) is 8.34. The second kappa shape index (κ2) is 4.29. The van der Waals surface area contributed by atoms with Gasteiger partial charge in [-0.15, -0.1) is 0 Å². The first-order valence-electron chi connectivity index (χ1n) is 6.63. The third-order valence-electron chi connectivity index (χ3n) is 4.21. The molecular weight excluding hydrogens is 216 g/mol. The summed E-state index contributed by atoms with van der Waals surface area (Å²) in [7, 11) is 0. The van der Waals surface area contributed by atoms with Crippen molar-refractivity contribution in [1.29, 1.82) is 0 Å². The molecule has 0 aromatic carbocycles. The molecular formula is C12H20N4O. The van der Waals surface area contributed by atoms with E-state index in [0.29, 0.717) is 6.54 Å². The van der Waals surface area contributed by atoms with Gasteiger partial charge in [0.2, 0.25) is 5.89 Å². The third-order valence-corrected chi connectivity index (χ3v) is 4.21. The molecule has 2 N–H and O–H groups in total. The van der Waals surface area contributed by atoms with Gasteiger partial charge in [-0.3, -0.25) is 0 Å². The summed E-state index contributed by atoms with van der Waals surface area (Å²) in [4.78, 5) is 6.79. The molecule has 1 aliphatic carbocycles. The second-order valence-corrected chi connectivity index (χ2v) is 5.29. The average Bonchev–Trinajstić information content (AvgIpc) is 3.10. The minimum atomic E-state index is -0.0367. The number of nitrogens with two attached hydrogens (primary N) is 1. The van der Waals surface area contributed by atoms with E-state index in [9.17, 15) is 0 Å². The molecule has 2 fully saturated rings. The van der Waals surface area contributed by atoms with Crippen molar-refractivity contribution in [3.63, 3.8) is 0 Å². The molecule has 5 nitrogen and oxygen atoms in total. The third kappa shape index (κ3) is 1.82. The fraction of sp³-hybridized carbons (Fsp3) is 0.833. The molecule has 0 amide bonds. The van der Waals surface area contributed by atoms with Crippen LogP contribution in [0.15, 0.2) is 4.52 Å². The smallest absolute Gasteiger partial charge is 0.266 e. The maximum atomic E-state index is 5.92. The fourth-order valence-electron chi connectivity index (χ4n) is 3.03. The van der Waals surface area contributed by atoms with Crippen molar-refractivity contribution in [2.45, 2.75) is 43.9 Å². The molecule has 1 aromatic rings. The average molecular weight is 236 g/mol. The van der Waals surface area contributed by atoms with Gasteiger partial charge in [-0.05, 0) is 30.8 Å². The van der Waals surface area contributed by atoms with E-state index in [4.69, 9.17) is 10.3 Å². The lowest BCUT2D eigenvalue weighted by molar-refractivity contribution is 0.284. The highest BCUT2D eigenvalue weighted by atomic mass is 16.5. The highest BCUT2D eigenvalue weighted by Gasteiger charge is 2.40. The lowest BCUT2D eigenvalue weighted by atomic mass is 9.86. The summed E-state index contributed by atoms with van der Waals surface area (Å²) in [6.07, 6.45) is 7.07. The van der Waals surface area contributed by atoms with E-state index in [-0.39, 0.29) is 5.41 Å². The van der Waals surface area contributed by atoms with Crippen LogP contribution in [0.1, 0.15) is 44.4 Å². The van der Waals surface area contributed by atoms with Gasteiger partial charge < -0.3 is 15.2 Å². The molecule has 17 heavy (non-hydrogen) atoms. The molecule has 2 heterocycles. The molecule has 94 valence electrons. The van der Waals surface area contributed by atoms with Gasteiger partial charge in [0, 0.05) is 19.6 Å². The van der Waals surface area contributed by atoms with Crippen molar-refractivity contribution < 1.29 is 4.52 Å². The first kappa shape index (κ1) is 11.0. The Morgan fingerprint density at radius 1 is 1.18 bits per heavy atom. The lowest BCUT2D eigenvalue weighted by Crippen LogP contribution is -2.32. The summed E-state index contributed by atoms with van der Waals surface area (Å²) in [5.41, 5.74) is 5.89. The van der Waals surface area contributed by atoms with Crippen LogP contribution in [0.3, 0.4) is 0 Å². The quantitative estimate of drug-likeness (QED) is 0.860. The lowest BCUT2D eigenvalue weighted by Gasteiger charge is -2.21. The molecule has 0 radical (unpaired) electrons. The van der Waals surface area contributed by atoms with Crippen LogP contribution in [0.4, 0.5) is 5.95 Å². The zero-order chi connectivity index (χ0) is 11.7. The van der Waals surface area contributed by atoms with Crippen molar-refractivity contribution in [1.82, 2.24) is 10.1 Å². The van der Waals surface area contributed by atoms with Crippen LogP contribution in [0, 0.1) is 0 Å². The van der Waals surface area contributed by atoms with Crippen LogP contribution in [-0.2, 0) is 5.41 Å². The molecule has 3 rings (SSSR count). The van der Waals surface area contributed by atoms with E-state index in [1.807, 2.05) is 0 Å². The molecule has 5 heteroatoms. The Kier molecular flexibility index (Phi) is 2.78. The Balaban J connectivity index is 1.83. The van der Waals surface area contributed by atoms with Crippen molar-refractivity contribution in [2.24, 2.45) is 5.73 Å². The van der Waals surface area contributed by atoms with Crippen molar-refractivity contribution >= 4 is 5.95 Å². The summed E-state index contributed by atoms with van der Waals surface area (Å²) in [5.74, 6) is 1.52. The topological polar surface area (TPSA) is 68.2 Å². The summed E-state index contributed by atoms with van der Waals surface area (Å²) in [6, 6.07) is 0. The summed E-state index contributed by atoms with van der Waals surface area (Å²) in [5, 5.41) is 4.12. The maximum absolute atomic E-state index is 5.92. The zero-order valence-corrected chi connectivity index (χ0v) is 10.2. The largest absolute Gasteiger partial charge is 0.338 e. The molecule has 2 aliphatic rings. The first-order valence-corrected chi connectivity index (χ1v) is 6.63. The van der Waals surface area contributed by atoms with Crippen LogP contribution >= 0.6 is 0 Å². The summed E-state index contributed by atoms with van der Waals surface area (Å²) in [6.45, 7) is 2.72. The highest BCUT2D eigenvalue weighted by molar-refractivity contribution is 5.30. The van der Waals surface area contributed by atoms with Crippen LogP contribution in [0.5, 0.6) is 0 Å². The summed E-state index contributed by atoms with van der Waals surface area (Å²) >= 11 is 0. The molecule has 1 saturated carbocycles. The molecule has 1 aromatic heterocycles. The van der Waals surface area contributed by atoms with Crippen LogP contribution in [-0.4, -0.2) is 29.8 Å². The molecule has 1 saturated heterocycles. The Bertz CT molecular complexity index is 378. The van der Waals surface area contributed by atoms with Gasteiger partial charge in [0.15, 0.2) is 0 Å². The van der Waals surface area contributed by atoms with Gasteiger partial charge in [0.05, 0.1) is 5.41 Å². The predicted molar refractivity (Wildman–Crippen MR) is 64.9 cm³/mol. The van der Waals surface area contributed by atoms with Crippen molar-refractivity contribution in [3.05, 3.63) is 5.89 Å². The van der Waals surface area contributed by atoms with Crippen molar-refractivity contribution in [3.8, 4) is 0 Å². The van der Waals surface area contributed by atoms with Gasteiger partial charge in [-0.1, -0.05) is 12.8 Å². The van der Waals surface area contributed by atoms with Crippen LogP contribution < -0.4 is 10.6 Å². The normalized spacial score (nSPS) is 23.5. The number of hydrogen-bond donors (Lipinski definition) is 1. The maximum Gasteiger partial charge on any atom is 0.266 e. The molecule has 0 bridgehead atoms. The Hall–Kier alpha value is -1.10. The van der Waals surface area contributed by atoms with Crippen LogP contribution in [0.25, 0.3) is 0 Å². The Labute approximate surface area is 101 Å².